The molecule has 2 aliphatic rings. The second-order valence-corrected chi connectivity index (χ2v) is 9.53. The minimum absolute atomic E-state index is 0.106. The van der Waals surface area contributed by atoms with Crippen LogP contribution in [0.3, 0.4) is 0 Å². The van der Waals surface area contributed by atoms with Crippen LogP contribution in [0.25, 0.3) is 10.2 Å². The van der Waals surface area contributed by atoms with Gasteiger partial charge in [-0.05, 0) is 56.0 Å². The van der Waals surface area contributed by atoms with Gasteiger partial charge in [-0.1, -0.05) is 30.7 Å². The van der Waals surface area contributed by atoms with Crippen LogP contribution in [0.15, 0.2) is 30.6 Å². The van der Waals surface area contributed by atoms with Gasteiger partial charge in [-0.2, -0.15) is 0 Å². The van der Waals surface area contributed by atoms with Crippen molar-refractivity contribution < 1.29 is 4.79 Å². The molecule has 6 nitrogen and oxygen atoms in total. The minimum Gasteiger partial charge on any atom is -0.368 e. The van der Waals surface area contributed by atoms with E-state index >= 15 is 0 Å². The van der Waals surface area contributed by atoms with Crippen molar-refractivity contribution in [2.24, 2.45) is 0 Å². The molecule has 2 aromatic heterocycles. The van der Waals surface area contributed by atoms with Gasteiger partial charge in [0.15, 0.2) is 0 Å². The number of thiophene rings is 1. The molecule has 1 aromatic carbocycles. The molecule has 5 rings (SSSR count). The number of anilines is 1. The third kappa shape index (κ3) is 4.16. The Morgan fingerprint density at radius 3 is 2.74 bits per heavy atom. The number of likely N-dealkylation sites (tertiary alicyclic amines) is 1. The molecule has 0 radical (unpaired) electrons. The number of aromatic nitrogens is 2. The maximum absolute atomic E-state index is 13.4. The second-order valence-electron chi connectivity index (χ2n) is 8.53. The van der Waals surface area contributed by atoms with Crippen LogP contribution in [0.4, 0.5) is 5.82 Å². The summed E-state index contributed by atoms with van der Waals surface area (Å²) in [6, 6.07) is 8.42. The third-order valence-electron chi connectivity index (χ3n) is 6.51. The number of hydrogen-bond donors (Lipinski definition) is 1. The van der Waals surface area contributed by atoms with Gasteiger partial charge in [0.2, 0.25) is 0 Å². The van der Waals surface area contributed by atoms with Gasteiger partial charge >= 0.3 is 0 Å². The first-order valence-corrected chi connectivity index (χ1v) is 12.1. The zero-order valence-electron chi connectivity index (χ0n) is 18.1. The third-order valence-corrected chi connectivity index (χ3v) is 7.70. The Kier molecular flexibility index (Phi) is 5.87. The number of nitrogens with zero attached hydrogens (tertiary/aromatic N) is 4. The molecule has 4 heterocycles. The lowest BCUT2D eigenvalue weighted by Crippen LogP contribution is -2.35. The van der Waals surface area contributed by atoms with Crippen LogP contribution in [0.1, 0.15) is 45.6 Å². The fourth-order valence-corrected chi connectivity index (χ4v) is 5.85. The summed E-state index contributed by atoms with van der Waals surface area (Å²) in [6.45, 7) is 7.72. The predicted molar refractivity (Wildman–Crippen MR) is 126 cm³/mol. The maximum Gasteiger partial charge on any atom is 0.264 e. The molecule has 1 N–H and O–H groups in total. The molecule has 1 fully saturated rings. The topological polar surface area (TPSA) is 61.4 Å². The highest BCUT2D eigenvalue weighted by Gasteiger charge is 2.26. The van der Waals surface area contributed by atoms with E-state index < -0.39 is 0 Å². The summed E-state index contributed by atoms with van der Waals surface area (Å²) in [5.41, 5.74) is 3.59. The van der Waals surface area contributed by atoms with Crippen molar-refractivity contribution >= 4 is 33.3 Å². The van der Waals surface area contributed by atoms with E-state index in [1.807, 2.05) is 11.8 Å². The number of amides is 1. The monoisotopic (exact) mass is 435 g/mol. The highest BCUT2D eigenvalue weighted by Crippen LogP contribution is 2.34. The van der Waals surface area contributed by atoms with Crippen LogP contribution in [0, 0.1) is 6.92 Å². The molecule has 162 valence electrons. The number of piperidine rings is 1. The first-order chi connectivity index (χ1) is 15.2. The molecule has 1 amide bonds. The Balaban J connectivity index is 1.34. The number of rotatable bonds is 5. The van der Waals surface area contributed by atoms with E-state index in [2.05, 4.69) is 44.5 Å². The van der Waals surface area contributed by atoms with E-state index in [-0.39, 0.29) is 5.91 Å². The quantitative estimate of drug-likeness (QED) is 0.654. The Morgan fingerprint density at radius 1 is 1.10 bits per heavy atom. The summed E-state index contributed by atoms with van der Waals surface area (Å²) in [4.78, 5) is 28.5. The van der Waals surface area contributed by atoms with Gasteiger partial charge in [0.05, 0.1) is 10.3 Å². The summed E-state index contributed by atoms with van der Waals surface area (Å²) in [5.74, 6) is 0.952. The van der Waals surface area contributed by atoms with Gasteiger partial charge < -0.3 is 15.1 Å². The standard InChI is InChI=1S/C24H29N5OS/c1-17-20-22(25-10-14-28-11-5-2-6-12-28)26-16-27-23(20)31-21(17)24(30)29-13-9-18-7-3-4-8-19(18)15-29/h3-4,7-8,16H,2,5-6,9-15H2,1H3,(H,25,26,27). The number of nitrogens with one attached hydrogen (secondary N) is 1. The molecule has 0 atom stereocenters. The summed E-state index contributed by atoms with van der Waals surface area (Å²) in [7, 11) is 0. The van der Waals surface area contributed by atoms with E-state index in [1.165, 1.54) is 54.8 Å². The summed E-state index contributed by atoms with van der Waals surface area (Å²) in [6.07, 6.45) is 6.47. The molecule has 0 aliphatic carbocycles. The molecule has 31 heavy (non-hydrogen) atoms. The molecule has 2 aliphatic heterocycles. The number of aryl methyl sites for hydroxylation is 1. The van der Waals surface area contributed by atoms with Gasteiger partial charge in [0.1, 0.15) is 17.0 Å². The summed E-state index contributed by atoms with van der Waals surface area (Å²) < 4.78 is 0. The largest absolute Gasteiger partial charge is 0.368 e. The first-order valence-electron chi connectivity index (χ1n) is 11.3. The highest BCUT2D eigenvalue weighted by atomic mass is 32.1. The number of carbonyl (C=O) groups is 1. The molecule has 3 aromatic rings. The minimum atomic E-state index is 0.106. The number of fused-ring (bicyclic) bond motifs is 2. The number of hydrogen-bond acceptors (Lipinski definition) is 6. The van der Waals surface area contributed by atoms with Crippen LogP contribution >= 0.6 is 11.3 Å². The molecular formula is C24H29N5OS. The Bertz CT molecular complexity index is 1090. The molecule has 0 spiro atoms. The van der Waals surface area contributed by atoms with Crippen LogP contribution in [0.5, 0.6) is 0 Å². The average Bonchev–Trinajstić information content (AvgIpc) is 3.16. The van der Waals surface area contributed by atoms with Crippen LogP contribution in [0.2, 0.25) is 0 Å². The molecule has 0 saturated carbocycles. The fourth-order valence-electron chi connectivity index (χ4n) is 4.74. The average molecular weight is 436 g/mol. The first kappa shape index (κ1) is 20.4. The van der Waals surface area contributed by atoms with E-state index in [9.17, 15) is 4.79 Å². The van der Waals surface area contributed by atoms with Crippen molar-refractivity contribution in [3.05, 3.63) is 52.2 Å². The lowest BCUT2D eigenvalue weighted by Gasteiger charge is -2.28. The van der Waals surface area contributed by atoms with Crippen LogP contribution in [-0.4, -0.2) is 58.4 Å². The zero-order chi connectivity index (χ0) is 21.2. The molecular weight excluding hydrogens is 406 g/mol. The van der Waals surface area contributed by atoms with Crippen molar-refractivity contribution in [3.8, 4) is 0 Å². The van der Waals surface area contributed by atoms with Gasteiger partial charge in [-0.3, -0.25) is 4.79 Å². The van der Waals surface area contributed by atoms with Gasteiger partial charge in [0, 0.05) is 26.2 Å². The van der Waals surface area contributed by atoms with Crippen molar-refractivity contribution in [2.45, 2.75) is 39.2 Å². The Morgan fingerprint density at radius 2 is 1.90 bits per heavy atom. The smallest absolute Gasteiger partial charge is 0.264 e. The molecule has 7 heteroatoms. The lowest BCUT2D eigenvalue weighted by atomic mass is 9.99. The predicted octanol–water partition coefficient (Wildman–Crippen LogP) is 4.10. The van der Waals surface area contributed by atoms with Crippen molar-refractivity contribution in [3.63, 3.8) is 0 Å². The highest BCUT2D eigenvalue weighted by molar-refractivity contribution is 7.20. The van der Waals surface area contributed by atoms with Crippen LogP contribution in [-0.2, 0) is 13.0 Å². The number of carbonyl (C=O) groups excluding carboxylic acids is 1. The Hall–Kier alpha value is -2.51. The van der Waals surface area contributed by atoms with E-state index in [0.29, 0.717) is 6.54 Å². The molecule has 0 unspecified atom stereocenters. The van der Waals surface area contributed by atoms with E-state index in [0.717, 1.165) is 52.5 Å². The van der Waals surface area contributed by atoms with Crippen molar-refractivity contribution in [1.29, 1.82) is 0 Å². The maximum atomic E-state index is 13.4. The Labute approximate surface area is 187 Å². The van der Waals surface area contributed by atoms with E-state index in [1.54, 1.807) is 6.33 Å². The van der Waals surface area contributed by atoms with E-state index in [4.69, 9.17) is 0 Å². The second kappa shape index (κ2) is 8.93. The molecule has 0 bridgehead atoms. The summed E-state index contributed by atoms with van der Waals surface area (Å²) in [5, 5.41) is 4.50. The SMILES string of the molecule is Cc1c(C(=O)N2CCc3ccccc3C2)sc2ncnc(NCCN3CCCCC3)c12. The van der Waals surface area contributed by atoms with Gasteiger partial charge in [-0.15, -0.1) is 11.3 Å². The normalized spacial score (nSPS) is 17.0. The lowest BCUT2D eigenvalue weighted by molar-refractivity contribution is 0.0739. The zero-order valence-corrected chi connectivity index (χ0v) is 18.9. The van der Waals surface area contributed by atoms with Crippen molar-refractivity contribution in [1.82, 2.24) is 19.8 Å². The molecule has 1 saturated heterocycles. The summed E-state index contributed by atoms with van der Waals surface area (Å²) >= 11 is 1.49. The van der Waals surface area contributed by atoms with Crippen LogP contribution < -0.4 is 5.32 Å². The van der Waals surface area contributed by atoms with Crippen molar-refractivity contribution in [2.75, 3.05) is 38.0 Å². The number of benzene rings is 1. The van der Waals surface area contributed by atoms with Gasteiger partial charge in [0.25, 0.3) is 5.91 Å². The fraction of sp³-hybridized carbons (Fsp3) is 0.458. The van der Waals surface area contributed by atoms with Gasteiger partial charge in [-0.25, -0.2) is 9.97 Å².